The minimum atomic E-state index is -0.406. The number of hydrogen-bond acceptors (Lipinski definition) is 4. The molecule has 0 spiro atoms. The van der Waals surface area contributed by atoms with Crippen LogP contribution in [0.3, 0.4) is 0 Å². The number of carbonyl (C=O) groups excluding carboxylic acids is 1. The van der Waals surface area contributed by atoms with Crippen molar-refractivity contribution in [3.05, 3.63) is 39.9 Å². The van der Waals surface area contributed by atoms with E-state index in [0.29, 0.717) is 6.54 Å². The van der Waals surface area contributed by atoms with Crippen molar-refractivity contribution in [1.29, 1.82) is 0 Å². The summed E-state index contributed by atoms with van der Waals surface area (Å²) >= 11 is 0. The number of nitro benzene ring substituents is 1. The van der Waals surface area contributed by atoms with Gasteiger partial charge < -0.3 is 11.1 Å². The molecular weight excluding hydrogens is 258 g/mol. The molecule has 2 unspecified atom stereocenters. The van der Waals surface area contributed by atoms with Crippen molar-refractivity contribution in [3.8, 4) is 0 Å². The summed E-state index contributed by atoms with van der Waals surface area (Å²) in [5.74, 6) is -0.399. The second-order valence-corrected chi connectivity index (χ2v) is 5.21. The summed E-state index contributed by atoms with van der Waals surface area (Å²) in [6, 6.07) is 6.59. The molecule has 0 aliphatic heterocycles. The number of non-ortho nitro benzene ring substituents is 1. The third-order valence-corrected chi connectivity index (χ3v) is 3.82. The van der Waals surface area contributed by atoms with Crippen LogP contribution in [-0.2, 0) is 11.3 Å². The van der Waals surface area contributed by atoms with Gasteiger partial charge in [0.15, 0.2) is 0 Å². The third kappa shape index (κ3) is 3.54. The molecule has 1 saturated carbocycles. The highest BCUT2D eigenvalue weighted by Gasteiger charge is 2.28. The van der Waals surface area contributed by atoms with Crippen molar-refractivity contribution in [2.45, 2.75) is 38.3 Å². The molecule has 0 bridgehead atoms. The Labute approximate surface area is 117 Å². The van der Waals surface area contributed by atoms with Gasteiger partial charge in [-0.25, -0.2) is 0 Å². The van der Waals surface area contributed by atoms with Gasteiger partial charge in [0.1, 0.15) is 0 Å². The quantitative estimate of drug-likeness (QED) is 0.632. The van der Waals surface area contributed by atoms with Crippen molar-refractivity contribution >= 4 is 11.6 Å². The average molecular weight is 277 g/mol. The number of nitrogens with one attached hydrogen (secondary N) is 1. The van der Waals surface area contributed by atoms with Crippen molar-refractivity contribution in [2.75, 3.05) is 0 Å². The summed E-state index contributed by atoms with van der Waals surface area (Å²) in [5.41, 5.74) is 6.35. The fourth-order valence-corrected chi connectivity index (χ4v) is 2.74. The zero-order valence-corrected chi connectivity index (χ0v) is 11.2. The molecule has 2 atom stereocenters. The van der Waals surface area contributed by atoms with E-state index < -0.39 is 4.92 Å². The average Bonchev–Trinajstić information content (AvgIpc) is 2.45. The lowest BCUT2D eigenvalue weighted by Crippen LogP contribution is -2.44. The Morgan fingerprint density at radius 1 is 1.40 bits per heavy atom. The fourth-order valence-electron chi connectivity index (χ4n) is 2.74. The molecule has 6 nitrogen and oxygen atoms in total. The van der Waals surface area contributed by atoms with Gasteiger partial charge in [-0.2, -0.15) is 0 Å². The molecule has 1 fully saturated rings. The van der Waals surface area contributed by atoms with Crippen LogP contribution in [0.1, 0.15) is 31.2 Å². The van der Waals surface area contributed by atoms with E-state index in [1.807, 2.05) is 6.07 Å². The number of benzene rings is 1. The summed E-state index contributed by atoms with van der Waals surface area (Å²) in [7, 11) is 0. The van der Waals surface area contributed by atoms with Crippen LogP contribution in [0.5, 0.6) is 0 Å². The molecule has 0 heterocycles. The summed E-state index contributed by atoms with van der Waals surface area (Å²) in [6.45, 7) is 0.510. The molecule has 1 amide bonds. The molecular formula is C14H19N3O3. The molecule has 3 N–H and O–H groups in total. The Balaban J connectivity index is 1.98. The lowest BCUT2D eigenvalue weighted by Gasteiger charge is -2.30. The van der Waals surface area contributed by atoms with Crippen molar-refractivity contribution in [2.24, 2.45) is 11.7 Å². The Morgan fingerprint density at radius 2 is 2.15 bits per heavy atom. The van der Waals surface area contributed by atoms with Crippen molar-refractivity contribution < 1.29 is 9.72 Å². The van der Waals surface area contributed by atoms with Crippen molar-refractivity contribution in [3.63, 3.8) is 0 Å². The first-order valence-corrected chi connectivity index (χ1v) is 6.84. The third-order valence-electron chi connectivity index (χ3n) is 3.82. The lowest BCUT2D eigenvalue weighted by molar-refractivity contribution is -0.384. The van der Waals surface area contributed by atoms with Gasteiger partial charge in [0.25, 0.3) is 5.69 Å². The maximum atomic E-state index is 11.4. The van der Waals surface area contributed by atoms with E-state index >= 15 is 0 Å². The second kappa shape index (κ2) is 6.47. The van der Waals surface area contributed by atoms with E-state index in [4.69, 9.17) is 5.73 Å². The first-order valence-electron chi connectivity index (χ1n) is 6.84. The zero-order valence-electron chi connectivity index (χ0n) is 11.2. The van der Waals surface area contributed by atoms with E-state index in [1.165, 1.54) is 6.07 Å². The number of nitro groups is 1. The molecule has 2 rings (SSSR count). The Morgan fingerprint density at radius 3 is 2.85 bits per heavy atom. The van der Waals surface area contributed by atoms with Crippen LogP contribution < -0.4 is 11.1 Å². The molecule has 20 heavy (non-hydrogen) atoms. The highest BCUT2D eigenvalue weighted by Crippen LogP contribution is 2.24. The number of rotatable bonds is 5. The van der Waals surface area contributed by atoms with Crippen LogP contribution in [0.2, 0.25) is 0 Å². The molecule has 6 heteroatoms. The highest BCUT2D eigenvalue weighted by molar-refractivity contribution is 5.77. The minimum absolute atomic E-state index is 0.0699. The van der Waals surface area contributed by atoms with Gasteiger partial charge in [0.2, 0.25) is 5.91 Å². The van der Waals surface area contributed by atoms with Gasteiger partial charge in [-0.15, -0.1) is 0 Å². The number of amides is 1. The normalized spacial score (nSPS) is 22.4. The van der Waals surface area contributed by atoms with Gasteiger partial charge in [0.05, 0.1) is 10.8 Å². The zero-order chi connectivity index (χ0) is 14.5. The van der Waals surface area contributed by atoms with E-state index in [-0.39, 0.29) is 23.6 Å². The van der Waals surface area contributed by atoms with Gasteiger partial charge in [0, 0.05) is 24.7 Å². The van der Waals surface area contributed by atoms with Gasteiger partial charge >= 0.3 is 0 Å². The van der Waals surface area contributed by atoms with E-state index in [0.717, 1.165) is 31.2 Å². The number of nitrogens with zero attached hydrogens (tertiary/aromatic N) is 1. The smallest absolute Gasteiger partial charge is 0.269 e. The molecule has 1 aromatic rings. The van der Waals surface area contributed by atoms with Gasteiger partial charge in [-0.3, -0.25) is 14.9 Å². The summed E-state index contributed by atoms with van der Waals surface area (Å²) < 4.78 is 0. The summed E-state index contributed by atoms with van der Waals surface area (Å²) in [4.78, 5) is 21.7. The maximum Gasteiger partial charge on any atom is 0.269 e. The SMILES string of the molecule is NC(=O)C1CCCCC1NCc1cccc([N+](=O)[O-])c1. The van der Waals surface area contributed by atoms with Crippen LogP contribution in [0.25, 0.3) is 0 Å². The first-order chi connectivity index (χ1) is 9.58. The first kappa shape index (κ1) is 14.5. The Kier molecular flexibility index (Phi) is 4.68. The topological polar surface area (TPSA) is 98.3 Å². The predicted octanol–water partition coefficient (Wildman–Crippen LogP) is 1.73. The number of nitrogens with two attached hydrogens (primary N) is 1. The highest BCUT2D eigenvalue weighted by atomic mass is 16.6. The van der Waals surface area contributed by atoms with Crippen LogP contribution in [0.15, 0.2) is 24.3 Å². The van der Waals surface area contributed by atoms with Gasteiger partial charge in [-0.1, -0.05) is 25.0 Å². The monoisotopic (exact) mass is 277 g/mol. The van der Waals surface area contributed by atoms with Crippen LogP contribution in [0, 0.1) is 16.0 Å². The number of primary amides is 1. The maximum absolute atomic E-state index is 11.4. The van der Waals surface area contributed by atoms with E-state index in [2.05, 4.69) is 5.32 Å². The summed E-state index contributed by atoms with van der Waals surface area (Å²) in [6.07, 6.45) is 3.85. The molecule has 1 aliphatic carbocycles. The minimum Gasteiger partial charge on any atom is -0.369 e. The second-order valence-electron chi connectivity index (χ2n) is 5.21. The van der Waals surface area contributed by atoms with Gasteiger partial charge in [-0.05, 0) is 18.4 Å². The van der Waals surface area contributed by atoms with E-state index in [1.54, 1.807) is 12.1 Å². The van der Waals surface area contributed by atoms with E-state index in [9.17, 15) is 14.9 Å². The number of hydrogen-bond donors (Lipinski definition) is 2. The predicted molar refractivity (Wildman–Crippen MR) is 74.9 cm³/mol. The van der Waals surface area contributed by atoms with Crippen LogP contribution in [-0.4, -0.2) is 16.9 Å². The van der Waals surface area contributed by atoms with Crippen LogP contribution in [0.4, 0.5) is 5.69 Å². The standard InChI is InChI=1S/C14H19N3O3/c15-14(18)12-6-1-2-7-13(12)16-9-10-4-3-5-11(8-10)17(19)20/h3-5,8,12-13,16H,1-2,6-7,9H2,(H2,15,18). The largest absolute Gasteiger partial charge is 0.369 e. The molecule has 1 aromatic carbocycles. The fraction of sp³-hybridized carbons (Fsp3) is 0.500. The Bertz CT molecular complexity index is 504. The Hall–Kier alpha value is -1.95. The molecule has 108 valence electrons. The summed E-state index contributed by atoms with van der Waals surface area (Å²) in [5, 5.41) is 14.0. The molecule has 0 radical (unpaired) electrons. The molecule has 0 aromatic heterocycles. The lowest BCUT2D eigenvalue weighted by atomic mass is 9.84. The molecule has 0 saturated heterocycles. The molecule has 1 aliphatic rings. The number of carbonyl (C=O) groups is 1. The van der Waals surface area contributed by atoms with Crippen LogP contribution >= 0.6 is 0 Å². The van der Waals surface area contributed by atoms with Crippen molar-refractivity contribution in [1.82, 2.24) is 5.32 Å².